The molecular formula is C14H23N3OS. The standard InChI is InChI=1S/C14H23N3OS/c1-4-10(2)15-14(18)13-11(3)16-12(19-13)9-17-7-5-6-8-17/h10H,4-9H2,1-3H3,(H,15,18). The molecule has 0 bridgehead atoms. The van der Waals surface area contributed by atoms with Gasteiger partial charge in [0.05, 0.1) is 12.2 Å². The number of aromatic nitrogens is 1. The minimum atomic E-state index is 0.0250. The highest BCUT2D eigenvalue weighted by Crippen LogP contribution is 2.21. The van der Waals surface area contributed by atoms with E-state index in [1.807, 2.05) is 13.8 Å². The average Bonchev–Trinajstić information content (AvgIpc) is 2.99. The summed E-state index contributed by atoms with van der Waals surface area (Å²) >= 11 is 1.54. The number of amides is 1. The second-order valence-corrected chi connectivity index (χ2v) is 6.37. The molecule has 2 rings (SSSR count). The maximum Gasteiger partial charge on any atom is 0.263 e. The van der Waals surface area contributed by atoms with Crippen molar-refractivity contribution in [3.63, 3.8) is 0 Å². The van der Waals surface area contributed by atoms with E-state index in [2.05, 4.69) is 22.1 Å². The number of likely N-dealkylation sites (tertiary alicyclic amines) is 1. The summed E-state index contributed by atoms with van der Waals surface area (Å²) in [5.74, 6) is 0.0250. The quantitative estimate of drug-likeness (QED) is 0.902. The van der Waals surface area contributed by atoms with E-state index in [9.17, 15) is 4.79 Å². The normalized spacial score (nSPS) is 17.6. The molecule has 1 saturated heterocycles. The predicted octanol–water partition coefficient (Wildman–Crippen LogP) is 2.58. The fourth-order valence-electron chi connectivity index (χ4n) is 2.25. The smallest absolute Gasteiger partial charge is 0.263 e. The first-order chi connectivity index (χ1) is 9.10. The molecule has 0 spiro atoms. The zero-order valence-electron chi connectivity index (χ0n) is 12.0. The van der Waals surface area contributed by atoms with Gasteiger partial charge in [-0.3, -0.25) is 9.69 Å². The molecule has 4 nitrogen and oxygen atoms in total. The first-order valence-corrected chi connectivity index (χ1v) is 7.91. The molecule has 1 N–H and O–H groups in total. The van der Waals surface area contributed by atoms with Crippen LogP contribution in [0.4, 0.5) is 0 Å². The molecule has 1 aromatic heterocycles. The topological polar surface area (TPSA) is 45.2 Å². The van der Waals surface area contributed by atoms with Gasteiger partial charge in [-0.1, -0.05) is 6.92 Å². The largest absolute Gasteiger partial charge is 0.349 e. The molecule has 1 amide bonds. The van der Waals surface area contributed by atoms with Crippen LogP contribution in [0.1, 0.15) is 53.5 Å². The minimum Gasteiger partial charge on any atom is -0.349 e. The first-order valence-electron chi connectivity index (χ1n) is 7.09. The molecule has 19 heavy (non-hydrogen) atoms. The van der Waals surface area contributed by atoms with Crippen LogP contribution >= 0.6 is 11.3 Å². The summed E-state index contributed by atoms with van der Waals surface area (Å²) in [4.78, 5) is 19.9. The SMILES string of the molecule is CCC(C)NC(=O)c1sc(CN2CCCC2)nc1C. The molecule has 0 saturated carbocycles. The Hall–Kier alpha value is -0.940. The van der Waals surface area contributed by atoms with Crippen LogP contribution in [0.25, 0.3) is 0 Å². The number of thiazole rings is 1. The van der Waals surface area contributed by atoms with Crippen LogP contribution in [-0.2, 0) is 6.54 Å². The third-order valence-corrected chi connectivity index (χ3v) is 4.74. The van der Waals surface area contributed by atoms with Gasteiger partial charge in [0.25, 0.3) is 5.91 Å². The Bertz CT molecular complexity index is 438. The van der Waals surface area contributed by atoms with Crippen LogP contribution in [0.15, 0.2) is 0 Å². The van der Waals surface area contributed by atoms with Gasteiger partial charge in [0.2, 0.25) is 0 Å². The van der Waals surface area contributed by atoms with Crippen molar-refractivity contribution in [3.05, 3.63) is 15.6 Å². The third kappa shape index (κ3) is 3.76. The zero-order chi connectivity index (χ0) is 13.8. The lowest BCUT2D eigenvalue weighted by molar-refractivity contribution is 0.0942. The molecule has 0 radical (unpaired) electrons. The van der Waals surface area contributed by atoms with Crippen LogP contribution in [-0.4, -0.2) is 34.9 Å². The van der Waals surface area contributed by atoms with E-state index in [1.165, 1.54) is 12.8 Å². The molecule has 5 heteroatoms. The summed E-state index contributed by atoms with van der Waals surface area (Å²) in [7, 11) is 0. The Morgan fingerprint density at radius 2 is 2.16 bits per heavy atom. The number of carbonyl (C=O) groups is 1. The highest BCUT2D eigenvalue weighted by atomic mass is 32.1. The Morgan fingerprint density at radius 3 is 2.79 bits per heavy atom. The monoisotopic (exact) mass is 281 g/mol. The molecule has 0 aliphatic carbocycles. The molecular weight excluding hydrogens is 258 g/mol. The fourth-order valence-corrected chi connectivity index (χ4v) is 3.26. The number of hydrogen-bond donors (Lipinski definition) is 1. The second-order valence-electron chi connectivity index (χ2n) is 5.29. The molecule has 1 aliphatic rings. The van der Waals surface area contributed by atoms with Crippen LogP contribution in [0, 0.1) is 6.92 Å². The molecule has 1 atom stereocenters. The predicted molar refractivity (Wildman–Crippen MR) is 78.6 cm³/mol. The molecule has 1 unspecified atom stereocenters. The highest BCUT2D eigenvalue weighted by Gasteiger charge is 2.19. The van der Waals surface area contributed by atoms with Crippen molar-refractivity contribution in [2.45, 2.75) is 52.6 Å². The molecule has 1 aromatic rings. The van der Waals surface area contributed by atoms with Gasteiger partial charge in [-0.15, -0.1) is 11.3 Å². The lowest BCUT2D eigenvalue weighted by atomic mass is 10.2. The molecule has 106 valence electrons. The molecule has 0 aromatic carbocycles. The van der Waals surface area contributed by atoms with E-state index in [0.29, 0.717) is 0 Å². The number of rotatable bonds is 5. The zero-order valence-corrected chi connectivity index (χ0v) is 12.8. The molecule has 1 fully saturated rings. The number of hydrogen-bond acceptors (Lipinski definition) is 4. The van der Waals surface area contributed by atoms with Crippen molar-refractivity contribution in [1.82, 2.24) is 15.2 Å². The van der Waals surface area contributed by atoms with Crippen molar-refractivity contribution in [2.24, 2.45) is 0 Å². The van der Waals surface area contributed by atoms with Gasteiger partial charge in [-0.25, -0.2) is 4.98 Å². The maximum atomic E-state index is 12.1. The summed E-state index contributed by atoms with van der Waals surface area (Å²) in [5, 5.41) is 4.08. The van der Waals surface area contributed by atoms with Gasteiger partial charge in [-0.05, 0) is 46.2 Å². The summed E-state index contributed by atoms with van der Waals surface area (Å²) < 4.78 is 0. The van der Waals surface area contributed by atoms with Crippen molar-refractivity contribution in [3.8, 4) is 0 Å². The van der Waals surface area contributed by atoms with Gasteiger partial charge in [0.1, 0.15) is 9.88 Å². The first kappa shape index (κ1) is 14.5. The summed E-state index contributed by atoms with van der Waals surface area (Å²) in [6.45, 7) is 9.24. The summed E-state index contributed by atoms with van der Waals surface area (Å²) in [6, 6.07) is 0.219. The van der Waals surface area contributed by atoms with Crippen LogP contribution in [0.2, 0.25) is 0 Å². The molecule has 2 heterocycles. The van der Waals surface area contributed by atoms with Crippen LogP contribution in [0.5, 0.6) is 0 Å². The van der Waals surface area contributed by atoms with Gasteiger partial charge in [0.15, 0.2) is 0 Å². The Labute approximate surface area is 119 Å². The lowest BCUT2D eigenvalue weighted by Crippen LogP contribution is -2.31. The van der Waals surface area contributed by atoms with E-state index >= 15 is 0 Å². The number of nitrogens with one attached hydrogen (secondary N) is 1. The van der Waals surface area contributed by atoms with E-state index in [-0.39, 0.29) is 11.9 Å². The fraction of sp³-hybridized carbons (Fsp3) is 0.714. The lowest BCUT2D eigenvalue weighted by Gasteiger charge is -2.11. The van der Waals surface area contributed by atoms with Crippen molar-refractivity contribution in [2.75, 3.05) is 13.1 Å². The summed E-state index contributed by atoms with van der Waals surface area (Å²) in [5.41, 5.74) is 0.861. The number of carbonyl (C=O) groups excluding carboxylic acids is 1. The Morgan fingerprint density at radius 1 is 1.47 bits per heavy atom. The third-order valence-electron chi connectivity index (χ3n) is 3.59. The van der Waals surface area contributed by atoms with E-state index in [0.717, 1.165) is 41.6 Å². The number of nitrogens with zero attached hydrogens (tertiary/aromatic N) is 2. The van der Waals surface area contributed by atoms with Crippen LogP contribution in [0.3, 0.4) is 0 Å². The van der Waals surface area contributed by atoms with Gasteiger partial charge < -0.3 is 5.32 Å². The van der Waals surface area contributed by atoms with E-state index in [1.54, 1.807) is 11.3 Å². The summed E-state index contributed by atoms with van der Waals surface area (Å²) in [6.07, 6.45) is 3.52. The average molecular weight is 281 g/mol. The minimum absolute atomic E-state index is 0.0250. The number of aryl methyl sites for hydroxylation is 1. The maximum absolute atomic E-state index is 12.1. The van der Waals surface area contributed by atoms with Crippen molar-refractivity contribution >= 4 is 17.2 Å². The van der Waals surface area contributed by atoms with Gasteiger partial charge >= 0.3 is 0 Å². The van der Waals surface area contributed by atoms with Gasteiger partial charge in [0, 0.05) is 6.04 Å². The van der Waals surface area contributed by atoms with Crippen molar-refractivity contribution < 1.29 is 4.79 Å². The van der Waals surface area contributed by atoms with E-state index < -0.39 is 0 Å². The second kappa shape index (κ2) is 6.48. The van der Waals surface area contributed by atoms with Gasteiger partial charge in [-0.2, -0.15) is 0 Å². The van der Waals surface area contributed by atoms with E-state index in [4.69, 9.17) is 0 Å². The molecule has 1 aliphatic heterocycles. The highest BCUT2D eigenvalue weighted by molar-refractivity contribution is 7.13. The Balaban J connectivity index is 2.01. The Kier molecular flexibility index (Phi) is 4.93. The van der Waals surface area contributed by atoms with Crippen molar-refractivity contribution in [1.29, 1.82) is 0 Å². The van der Waals surface area contributed by atoms with Crippen LogP contribution < -0.4 is 5.32 Å².